The molecule has 2 aromatic carbocycles. The number of carbonyl (C=O) groups excluding carboxylic acids is 1. The highest BCUT2D eigenvalue weighted by atomic mass is 19.3. The lowest BCUT2D eigenvalue weighted by Crippen LogP contribution is -2.31. The molecule has 0 saturated heterocycles. The Labute approximate surface area is 144 Å². The van der Waals surface area contributed by atoms with Gasteiger partial charge >= 0.3 is 6.61 Å². The first-order valence-corrected chi connectivity index (χ1v) is 7.56. The molecule has 2 aromatic rings. The number of nitrogens with one attached hydrogen (secondary N) is 2. The third-order valence-electron chi connectivity index (χ3n) is 3.36. The number of amides is 1. The van der Waals surface area contributed by atoms with Crippen LogP contribution < -0.4 is 15.4 Å². The Bertz CT molecular complexity index is 740. The Morgan fingerprint density at radius 3 is 2.28 bits per heavy atom. The number of rotatable bonds is 7. The van der Waals surface area contributed by atoms with Gasteiger partial charge in [0.05, 0.1) is 12.5 Å². The largest absolute Gasteiger partial charge is 0.435 e. The van der Waals surface area contributed by atoms with E-state index < -0.39 is 12.7 Å². The molecule has 0 saturated carbocycles. The first kappa shape index (κ1) is 18.2. The predicted molar refractivity (Wildman–Crippen MR) is 90.5 cm³/mol. The molecule has 0 fully saturated rings. The zero-order valence-corrected chi connectivity index (χ0v) is 13.5. The van der Waals surface area contributed by atoms with Crippen LogP contribution in [0.5, 0.6) is 5.75 Å². The van der Waals surface area contributed by atoms with Crippen molar-refractivity contribution in [1.82, 2.24) is 0 Å². The van der Waals surface area contributed by atoms with E-state index in [4.69, 9.17) is 5.26 Å². The maximum absolute atomic E-state index is 12.2. The molecule has 130 valence electrons. The highest BCUT2D eigenvalue weighted by Gasteiger charge is 2.13. The fourth-order valence-corrected chi connectivity index (χ4v) is 2.10. The molecule has 0 aromatic heterocycles. The molecule has 1 unspecified atom stereocenters. The molecule has 25 heavy (non-hydrogen) atoms. The van der Waals surface area contributed by atoms with E-state index in [1.807, 2.05) is 12.1 Å². The third-order valence-corrected chi connectivity index (χ3v) is 3.36. The van der Waals surface area contributed by atoms with Crippen molar-refractivity contribution in [3.63, 3.8) is 0 Å². The van der Waals surface area contributed by atoms with Crippen molar-refractivity contribution in [3.8, 4) is 11.8 Å². The van der Waals surface area contributed by atoms with Crippen molar-refractivity contribution >= 4 is 17.3 Å². The number of carbonyl (C=O) groups is 1. The second-order valence-corrected chi connectivity index (χ2v) is 5.29. The fourth-order valence-electron chi connectivity index (χ4n) is 2.10. The number of ether oxygens (including phenoxy) is 1. The van der Waals surface area contributed by atoms with Crippen molar-refractivity contribution in [2.45, 2.75) is 26.0 Å². The number of benzene rings is 2. The normalized spacial score (nSPS) is 11.5. The standard InChI is InChI=1S/C18H17F2N3O2/c1-12(22-14-4-2-13(3-5-14)10-11-21)17(24)23-15-6-8-16(9-7-15)25-18(19)20/h2-9,12,18,22H,10H2,1H3,(H,23,24). The highest BCUT2D eigenvalue weighted by Crippen LogP contribution is 2.18. The number of halogens is 2. The molecule has 0 aliphatic heterocycles. The quantitative estimate of drug-likeness (QED) is 0.801. The summed E-state index contributed by atoms with van der Waals surface area (Å²) in [6.07, 6.45) is 0.335. The van der Waals surface area contributed by atoms with Crippen LogP contribution in [0.15, 0.2) is 48.5 Å². The first-order valence-electron chi connectivity index (χ1n) is 7.56. The van der Waals surface area contributed by atoms with Crippen LogP contribution in [-0.4, -0.2) is 18.6 Å². The lowest BCUT2D eigenvalue weighted by molar-refractivity contribution is -0.116. The van der Waals surface area contributed by atoms with Gasteiger partial charge in [-0.25, -0.2) is 0 Å². The van der Waals surface area contributed by atoms with Gasteiger partial charge in [0.2, 0.25) is 5.91 Å². The lowest BCUT2D eigenvalue weighted by atomic mass is 10.1. The molecule has 7 heteroatoms. The van der Waals surface area contributed by atoms with Crippen molar-refractivity contribution in [2.24, 2.45) is 0 Å². The van der Waals surface area contributed by atoms with Crippen LogP contribution in [-0.2, 0) is 11.2 Å². The van der Waals surface area contributed by atoms with Gasteiger partial charge < -0.3 is 15.4 Å². The molecule has 2 N–H and O–H groups in total. The Balaban J connectivity index is 1.90. The summed E-state index contributed by atoms with van der Waals surface area (Å²) in [6, 6.07) is 14.5. The van der Waals surface area contributed by atoms with Crippen molar-refractivity contribution in [3.05, 3.63) is 54.1 Å². The molecule has 0 bridgehead atoms. The van der Waals surface area contributed by atoms with E-state index in [-0.39, 0.29) is 11.7 Å². The molecule has 0 aliphatic rings. The molecule has 0 aliphatic carbocycles. The smallest absolute Gasteiger partial charge is 0.387 e. The van der Waals surface area contributed by atoms with E-state index in [1.54, 1.807) is 19.1 Å². The van der Waals surface area contributed by atoms with E-state index in [2.05, 4.69) is 21.4 Å². The van der Waals surface area contributed by atoms with E-state index in [0.29, 0.717) is 12.1 Å². The molecule has 0 spiro atoms. The summed E-state index contributed by atoms with van der Waals surface area (Å²) in [4.78, 5) is 12.2. The van der Waals surface area contributed by atoms with Gasteiger partial charge in [0.25, 0.3) is 0 Å². The van der Waals surface area contributed by atoms with Crippen molar-refractivity contribution < 1.29 is 18.3 Å². The molecule has 2 rings (SSSR count). The molecule has 1 amide bonds. The van der Waals surface area contributed by atoms with Gasteiger partial charge in [-0.3, -0.25) is 4.79 Å². The Morgan fingerprint density at radius 1 is 1.12 bits per heavy atom. The van der Waals surface area contributed by atoms with Gasteiger partial charge in [0, 0.05) is 11.4 Å². The van der Waals surface area contributed by atoms with Crippen molar-refractivity contribution in [2.75, 3.05) is 10.6 Å². The summed E-state index contributed by atoms with van der Waals surface area (Å²) in [7, 11) is 0. The number of nitrogens with zero attached hydrogens (tertiary/aromatic N) is 1. The number of anilines is 2. The molecule has 0 radical (unpaired) electrons. The zero-order valence-electron chi connectivity index (χ0n) is 13.5. The minimum absolute atomic E-state index is 0.0247. The first-order chi connectivity index (χ1) is 12.0. The summed E-state index contributed by atoms with van der Waals surface area (Å²) in [5.41, 5.74) is 2.13. The molecule has 0 heterocycles. The maximum Gasteiger partial charge on any atom is 0.387 e. The van der Waals surface area contributed by atoms with Gasteiger partial charge in [0.1, 0.15) is 11.8 Å². The Kier molecular flexibility index (Phi) is 6.29. The second kappa shape index (κ2) is 8.64. The van der Waals surface area contributed by atoms with Crippen LogP contribution in [0.25, 0.3) is 0 Å². The SMILES string of the molecule is CC(Nc1ccc(CC#N)cc1)C(=O)Nc1ccc(OC(F)F)cc1. The van der Waals surface area contributed by atoms with Gasteiger partial charge in [-0.15, -0.1) is 0 Å². The summed E-state index contributed by atoms with van der Waals surface area (Å²) in [5.74, 6) is -0.250. The van der Waals surface area contributed by atoms with Gasteiger partial charge in [-0.2, -0.15) is 14.0 Å². The monoisotopic (exact) mass is 345 g/mol. The molecule has 1 atom stereocenters. The van der Waals surface area contributed by atoms with Gasteiger partial charge in [-0.1, -0.05) is 12.1 Å². The van der Waals surface area contributed by atoms with Crippen LogP contribution in [0.2, 0.25) is 0 Å². The van der Waals surface area contributed by atoms with Gasteiger partial charge in [0.15, 0.2) is 0 Å². The fraction of sp³-hybridized carbons (Fsp3) is 0.222. The van der Waals surface area contributed by atoms with E-state index in [9.17, 15) is 13.6 Å². The van der Waals surface area contributed by atoms with Crippen LogP contribution in [0.1, 0.15) is 12.5 Å². The number of nitriles is 1. The minimum Gasteiger partial charge on any atom is -0.435 e. The Hall–Kier alpha value is -3.14. The van der Waals surface area contributed by atoms with E-state index >= 15 is 0 Å². The Morgan fingerprint density at radius 2 is 1.72 bits per heavy atom. The minimum atomic E-state index is -2.88. The summed E-state index contributed by atoms with van der Waals surface area (Å²) in [6.45, 7) is -1.18. The molecular weight excluding hydrogens is 328 g/mol. The number of hydrogen-bond donors (Lipinski definition) is 2. The third kappa shape index (κ3) is 5.77. The van der Waals surface area contributed by atoms with Crippen LogP contribution in [0, 0.1) is 11.3 Å². The second-order valence-electron chi connectivity index (χ2n) is 5.29. The van der Waals surface area contributed by atoms with E-state index in [0.717, 1.165) is 11.3 Å². The summed E-state index contributed by atoms with van der Waals surface area (Å²) >= 11 is 0. The number of alkyl halides is 2. The number of hydrogen-bond acceptors (Lipinski definition) is 4. The molecular formula is C18H17F2N3O2. The highest BCUT2D eigenvalue weighted by molar-refractivity contribution is 5.96. The van der Waals surface area contributed by atoms with Gasteiger partial charge in [-0.05, 0) is 48.9 Å². The summed E-state index contributed by atoms with van der Waals surface area (Å²) in [5, 5.41) is 14.4. The average molecular weight is 345 g/mol. The summed E-state index contributed by atoms with van der Waals surface area (Å²) < 4.78 is 28.4. The van der Waals surface area contributed by atoms with Crippen LogP contribution in [0.3, 0.4) is 0 Å². The molecule has 5 nitrogen and oxygen atoms in total. The van der Waals surface area contributed by atoms with Crippen LogP contribution in [0.4, 0.5) is 20.2 Å². The predicted octanol–water partition coefficient (Wildman–Crippen LogP) is 3.79. The lowest BCUT2D eigenvalue weighted by Gasteiger charge is -2.15. The topological polar surface area (TPSA) is 74.2 Å². The van der Waals surface area contributed by atoms with E-state index in [1.165, 1.54) is 24.3 Å². The van der Waals surface area contributed by atoms with Crippen LogP contribution >= 0.6 is 0 Å². The maximum atomic E-state index is 12.2. The zero-order chi connectivity index (χ0) is 18.2. The van der Waals surface area contributed by atoms with Crippen molar-refractivity contribution in [1.29, 1.82) is 5.26 Å². The average Bonchev–Trinajstić information content (AvgIpc) is 2.58.